The molecule has 2 rings (SSSR count). The van der Waals surface area contributed by atoms with Crippen molar-refractivity contribution in [1.29, 1.82) is 0 Å². The highest BCUT2D eigenvalue weighted by molar-refractivity contribution is 5.29. The average molecular weight is 291 g/mol. The molecule has 1 aliphatic rings. The van der Waals surface area contributed by atoms with Gasteiger partial charge in [-0.1, -0.05) is 26.0 Å². The predicted molar refractivity (Wildman–Crippen MR) is 86.8 cm³/mol. The first kappa shape index (κ1) is 16.3. The van der Waals surface area contributed by atoms with Crippen molar-refractivity contribution in [1.82, 2.24) is 4.90 Å². The minimum Gasteiger partial charge on any atom is -0.497 e. The Morgan fingerprint density at radius 3 is 2.48 bits per heavy atom. The summed E-state index contributed by atoms with van der Waals surface area (Å²) < 4.78 is 5.28. The van der Waals surface area contributed by atoms with Gasteiger partial charge in [0.2, 0.25) is 0 Å². The highest BCUT2D eigenvalue weighted by Gasteiger charge is 2.41. The minimum absolute atomic E-state index is 0.0838. The zero-order chi connectivity index (χ0) is 15.3. The summed E-state index contributed by atoms with van der Waals surface area (Å²) in [5, 5.41) is 11.0. The molecule has 1 aromatic carbocycles. The quantitative estimate of drug-likeness (QED) is 0.837. The van der Waals surface area contributed by atoms with E-state index in [0.29, 0.717) is 6.42 Å². The summed E-state index contributed by atoms with van der Waals surface area (Å²) in [6.45, 7) is 6.65. The topological polar surface area (TPSA) is 32.7 Å². The molecule has 3 heteroatoms. The van der Waals surface area contributed by atoms with E-state index in [1.54, 1.807) is 7.11 Å². The van der Waals surface area contributed by atoms with Gasteiger partial charge < -0.3 is 9.84 Å². The lowest BCUT2D eigenvalue weighted by Gasteiger charge is -2.44. The SMILES string of the molecule is CCC(CC)(C(O)Cc1cccc(OC)c1)N1CCCC1. The summed E-state index contributed by atoms with van der Waals surface area (Å²) in [7, 11) is 1.68. The van der Waals surface area contributed by atoms with Crippen LogP contribution >= 0.6 is 0 Å². The first-order valence-corrected chi connectivity index (χ1v) is 8.22. The summed E-state index contributed by atoms with van der Waals surface area (Å²) >= 11 is 0. The van der Waals surface area contributed by atoms with Gasteiger partial charge in [0.05, 0.1) is 13.2 Å². The van der Waals surface area contributed by atoms with E-state index in [9.17, 15) is 5.11 Å². The summed E-state index contributed by atoms with van der Waals surface area (Å²) in [4.78, 5) is 2.51. The van der Waals surface area contributed by atoms with Crippen LogP contribution in [-0.4, -0.2) is 41.8 Å². The van der Waals surface area contributed by atoms with Gasteiger partial charge in [0.1, 0.15) is 5.75 Å². The highest BCUT2D eigenvalue weighted by atomic mass is 16.5. The van der Waals surface area contributed by atoms with Crippen molar-refractivity contribution in [2.75, 3.05) is 20.2 Å². The standard InChI is InChI=1S/C18H29NO2/c1-4-18(5-2,19-11-6-7-12-19)17(20)14-15-9-8-10-16(13-15)21-3/h8-10,13,17,20H,4-7,11-12,14H2,1-3H3. The molecule has 1 atom stereocenters. The van der Waals surface area contributed by atoms with E-state index in [0.717, 1.165) is 37.2 Å². The molecule has 1 aromatic rings. The van der Waals surface area contributed by atoms with Crippen LogP contribution in [0.1, 0.15) is 45.1 Å². The van der Waals surface area contributed by atoms with Crippen LogP contribution in [0.2, 0.25) is 0 Å². The molecule has 0 spiro atoms. The molecule has 0 saturated carbocycles. The number of nitrogens with zero attached hydrogens (tertiary/aromatic N) is 1. The van der Waals surface area contributed by atoms with Crippen LogP contribution in [0.15, 0.2) is 24.3 Å². The maximum Gasteiger partial charge on any atom is 0.119 e. The molecule has 0 radical (unpaired) electrons. The summed E-state index contributed by atoms with van der Waals surface area (Å²) in [6.07, 6.45) is 4.86. The van der Waals surface area contributed by atoms with E-state index in [1.165, 1.54) is 12.8 Å². The van der Waals surface area contributed by atoms with Gasteiger partial charge in [-0.3, -0.25) is 4.90 Å². The van der Waals surface area contributed by atoms with Gasteiger partial charge >= 0.3 is 0 Å². The second kappa shape index (κ2) is 7.28. The lowest BCUT2D eigenvalue weighted by Crippen LogP contribution is -2.55. The molecule has 0 aliphatic carbocycles. The molecule has 0 amide bonds. The smallest absolute Gasteiger partial charge is 0.119 e. The molecule has 1 fully saturated rings. The Morgan fingerprint density at radius 1 is 1.24 bits per heavy atom. The molecule has 1 aliphatic heterocycles. The Balaban J connectivity index is 2.15. The van der Waals surface area contributed by atoms with E-state index in [4.69, 9.17) is 4.74 Å². The number of hydrogen-bond donors (Lipinski definition) is 1. The summed E-state index contributed by atoms with van der Waals surface area (Å²) in [6, 6.07) is 8.05. The average Bonchev–Trinajstić information content (AvgIpc) is 3.04. The Kier molecular flexibility index (Phi) is 5.65. The van der Waals surface area contributed by atoms with Crippen LogP contribution in [0.3, 0.4) is 0 Å². The molecular formula is C18H29NO2. The van der Waals surface area contributed by atoms with Crippen LogP contribution in [-0.2, 0) is 6.42 Å². The molecule has 1 saturated heterocycles. The van der Waals surface area contributed by atoms with Gasteiger partial charge in [-0.25, -0.2) is 0 Å². The number of hydrogen-bond acceptors (Lipinski definition) is 3. The van der Waals surface area contributed by atoms with Crippen molar-refractivity contribution in [3.63, 3.8) is 0 Å². The molecule has 118 valence electrons. The number of aliphatic hydroxyl groups excluding tert-OH is 1. The number of aliphatic hydroxyl groups is 1. The van der Waals surface area contributed by atoms with Gasteiger partial charge in [0.25, 0.3) is 0 Å². The van der Waals surface area contributed by atoms with Crippen molar-refractivity contribution in [3.05, 3.63) is 29.8 Å². The number of rotatable bonds is 7. The minimum atomic E-state index is -0.335. The highest BCUT2D eigenvalue weighted by Crippen LogP contribution is 2.33. The second-order valence-corrected chi connectivity index (χ2v) is 6.08. The lowest BCUT2D eigenvalue weighted by atomic mass is 9.81. The lowest BCUT2D eigenvalue weighted by molar-refractivity contribution is -0.0270. The summed E-state index contributed by atoms with van der Waals surface area (Å²) in [5.74, 6) is 0.861. The van der Waals surface area contributed by atoms with Crippen LogP contribution in [0.5, 0.6) is 5.75 Å². The molecule has 3 nitrogen and oxygen atoms in total. The van der Waals surface area contributed by atoms with Crippen molar-refractivity contribution >= 4 is 0 Å². The monoisotopic (exact) mass is 291 g/mol. The van der Waals surface area contributed by atoms with E-state index < -0.39 is 0 Å². The Hall–Kier alpha value is -1.06. The van der Waals surface area contributed by atoms with Gasteiger partial charge in [-0.05, 0) is 56.5 Å². The van der Waals surface area contributed by atoms with Gasteiger partial charge in [-0.2, -0.15) is 0 Å². The number of likely N-dealkylation sites (tertiary alicyclic amines) is 1. The normalized spacial score (nSPS) is 17.9. The Labute approximate surface area is 128 Å². The third kappa shape index (κ3) is 3.41. The third-order valence-electron chi connectivity index (χ3n) is 5.14. The van der Waals surface area contributed by atoms with Crippen molar-refractivity contribution in [2.24, 2.45) is 0 Å². The first-order chi connectivity index (χ1) is 10.2. The maximum atomic E-state index is 11.0. The fraction of sp³-hybridized carbons (Fsp3) is 0.667. The zero-order valence-electron chi connectivity index (χ0n) is 13.6. The number of benzene rings is 1. The van der Waals surface area contributed by atoms with Crippen LogP contribution < -0.4 is 4.74 Å². The molecule has 1 N–H and O–H groups in total. The molecule has 1 unspecified atom stereocenters. The summed E-state index contributed by atoms with van der Waals surface area (Å²) in [5.41, 5.74) is 1.06. The van der Waals surface area contributed by atoms with Gasteiger partial charge in [0, 0.05) is 12.0 Å². The molecule has 0 bridgehead atoms. The first-order valence-electron chi connectivity index (χ1n) is 8.22. The Bertz CT molecular complexity index is 437. The predicted octanol–water partition coefficient (Wildman–Crippen LogP) is 3.25. The number of methoxy groups -OCH3 is 1. The van der Waals surface area contributed by atoms with Gasteiger partial charge in [-0.15, -0.1) is 0 Å². The maximum absolute atomic E-state index is 11.0. The van der Waals surface area contributed by atoms with E-state index in [1.807, 2.05) is 18.2 Å². The van der Waals surface area contributed by atoms with E-state index >= 15 is 0 Å². The fourth-order valence-electron chi connectivity index (χ4n) is 3.75. The van der Waals surface area contributed by atoms with Crippen molar-refractivity contribution in [2.45, 2.75) is 57.6 Å². The fourth-order valence-corrected chi connectivity index (χ4v) is 3.75. The van der Waals surface area contributed by atoms with Gasteiger partial charge in [0.15, 0.2) is 0 Å². The number of ether oxygens (including phenoxy) is 1. The molecule has 0 aromatic heterocycles. The second-order valence-electron chi connectivity index (χ2n) is 6.08. The van der Waals surface area contributed by atoms with Crippen LogP contribution in [0, 0.1) is 0 Å². The Morgan fingerprint density at radius 2 is 1.90 bits per heavy atom. The van der Waals surface area contributed by atoms with Crippen LogP contribution in [0.4, 0.5) is 0 Å². The van der Waals surface area contributed by atoms with Crippen LogP contribution in [0.25, 0.3) is 0 Å². The van der Waals surface area contributed by atoms with Crippen molar-refractivity contribution < 1.29 is 9.84 Å². The third-order valence-corrected chi connectivity index (χ3v) is 5.14. The van der Waals surface area contributed by atoms with Crippen molar-refractivity contribution in [3.8, 4) is 5.75 Å². The largest absolute Gasteiger partial charge is 0.497 e. The van der Waals surface area contributed by atoms with E-state index in [2.05, 4.69) is 24.8 Å². The van der Waals surface area contributed by atoms with E-state index in [-0.39, 0.29) is 11.6 Å². The molecular weight excluding hydrogens is 262 g/mol. The zero-order valence-corrected chi connectivity index (χ0v) is 13.6. The molecule has 1 heterocycles. The molecule has 21 heavy (non-hydrogen) atoms.